The molecule has 2 rings (SSSR count). The standard InChI is InChI=1S/C10H16N6O/c1-7(2)9-14-10(17-15-9)13-8(3)4-16-6-11-5-12-16/h5-8H,4H2,1-3H3,(H,13,14,15)/t8-/m0/s1. The molecule has 7 nitrogen and oxygen atoms in total. The molecule has 0 fully saturated rings. The summed E-state index contributed by atoms with van der Waals surface area (Å²) in [7, 11) is 0. The number of aromatic nitrogens is 5. The van der Waals surface area contributed by atoms with E-state index in [9.17, 15) is 0 Å². The monoisotopic (exact) mass is 236 g/mol. The van der Waals surface area contributed by atoms with Crippen LogP contribution in [-0.4, -0.2) is 30.9 Å². The number of hydrogen-bond donors (Lipinski definition) is 1. The fourth-order valence-corrected chi connectivity index (χ4v) is 1.39. The van der Waals surface area contributed by atoms with Gasteiger partial charge in [0.15, 0.2) is 5.82 Å². The zero-order valence-corrected chi connectivity index (χ0v) is 10.2. The number of nitrogens with zero attached hydrogens (tertiary/aromatic N) is 5. The molecule has 1 N–H and O–H groups in total. The topological polar surface area (TPSA) is 81.7 Å². The SMILES string of the molecule is CC(C)c1noc(N[C@@H](C)Cn2cncn2)n1. The molecular formula is C10H16N6O. The lowest BCUT2D eigenvalue weighted by molar-refractivity contribution is 0.412. The molecule has 0 aliphatic rings. The summed E-state index contributed by atoms with van der Waals surface area (Å²) in [6.45, 7) is 6.75. The molecule has 92 valence electrons. The molecule has 0 aromatic carbocycles. The second kappa shape index (κ2) is 4.94. The summed E-state index contributed by atoms with van der Waals surface area (Å²) in [4.78, 5) is 8.13. The van der Waals surface area contributed by atoms with E-state index in [1.165, 1.54) is 6.33 Å². The van der Waals surface area contributed by atoms with Crippen molar-refractivity contribution >= 4 is 6.01 Å². The van der Waals surface area contributed by atoms with E-state index in [2.05, 4.69) is 25.5 Å². The van der Waals surface area contributed by atoms with Gasteiger partial charge in [-0.25, -0.2) is 4.98 Å². The molecule has 7 heteroatoms. The number of rotatable bonds is 5. The van der Waals surface area contributed by atoms with Crippen molar-refractivity contribution in [2.24, 2.45) is 0 Å². The van der Waals surface area contributed by atoms with Crippen molar-refractivity contribution in [1.29, 1.82) is 0 Å². The first kappa shape index (κ1) is 11.6. The average molecular weight is 236 g/mol. The summed E-state index contributed by atoms with van der Waals surface area (Å²) >= 11 is 0. The lowest BCUT2D eigenvalue weighted by Crippen LogP contribution is -2.22. The molecule has 0 radical (unpaired) electrons. The highest BCUT2D eigenvalue weighted by molar-refractivity contribution is 5.20. The summed E-state index contributed by atoms with van der Waals surface area (Å²) < 4.78 is 6.85. The van der Waals surface area contributed by atoms with Crippen LogP contribution in [0.5, 0.6) is 0 Å². The summed E-state index contributed by atoms with van der Waals surface area (Å²) in [5, 5.41) is 11.0. The van der Waals surface area contributed by atoms with Crippen molar-refractivity contribution in [2.75, 3.05) is 5.32 Å². The Labute approximate surface area is 99.2 Å². The van der Waals surface area contributed by atoms with Crippen molar-refractivity contribution in [3.63, 3.8) is 0 Å². The molecule has 0 spiro atoms. The van der Waals surface area contributed by atoms with Crippen molar-refractivity contribution in [1.82, 2.24) is 24.9 Å². The first-order chi connectivity index (χ1) is 8.15. The van der Waals surface area contributed by atoms with Gasteiger partial charge in [0.1, 0.15) is 12.7 Å². The quantitative estimate of drug-likeness (QED) is 0.842. The minimum absolute atomic E-state index is 0.136. The fraction of sp³-hybridized carbons (Fsp3) is 0.600. The largest absolute Gasteiger partial charge is 0.333 e. The fourth-order valence-electron chi connectivity index (χ4n) is 1.39. The zero-order chi connectivity index (χ0) is 12.3. The van der Waals surface area contributed by atoms with Crippen molar-refractivity contribution in [3.8, 4) is 0 Å². The Hall–Kier alpha value is -1.92. The van der Waals surface area contributed by atoms with Gasteiger partial charge in [0.25, 0.3) is 0 Å². The van der Waals surface area contributed by atoms with E-state index in [-0.39, 0.29) is 12.0 Å². The number of nitrogens with one attached hydrogen (secondary N) is 1. The molecule has 0 aliphatic heterocycles. The molecule has 0 aliphatic carbocycles. The van der Waals surface area contributed by atoms with Crippen LogP contribution in [0.25, 0.3) is 0 Å². The normalized spacial score (nSPS) is 12.9. The third-order valence-electron chi connectivity index (χ3n) is 2.26. The van der Waals surface area contributed by atoms with E-state index in [0.29, 0.717) is 18.4 Å². The van der Waals surface area contributed by atoms with Gasteiger partial charge in [-0.15, -0.1) is 0 Å². The van der Waals surface area contributed by atoms with Gasteiger partial charge in [0.05, 0.1) is 6.54 Å². The van der Waals surface area contributed by atoms with Crippen molar-refractivity contribution in [3.05, 3.63) is 18.5 Å². The van der Waals surface area contributed by atoms with Crippen molar-refractivity contribution in [2.45, 2.75) is 39.3 Å². The summed E-state index contributed by atoms with van der Waals surface area (Å²) in [6, 6.07) is 0.582. The second-order valence-corrected chi connectivity index (χ2v) is 4.28. The number of anilines is 1. The van der Waals surface area contributed by atoms with Gasteiger partial charge in [0, 0.05) is 12.0 Å². The van der Waals surface area contributed by atoms with Gasteiger partial charge < -0.3 is 9.84 Å². The molecule has 2 aromatic heterocycles. The molecule has 0 unspecified atom stereocenters. The molecular weight excluding hydrogens is 220 g/mol. The molecule has 0 saturated heterocycles. The van der Waals surface area contributed by atoms with Gasteiger partial charge in [-0.05, 0) is 6.92 Å². The highest BCUT2D eigenvalue weighted by atomic mass is 16.5. The lowest BCUT2D eigenvalue weighted by Gasteiger charge is -2.10. The van der Waals surface area contributed by atoms with E-state index in [1.807, 2.05) is 20.8 Å². The van der Waals surface area contributed by atoms with Crippen molar-refractivity contribution < 1.29 is 4.52 Å². The van der Waals surface area contributed by atoms with Crippen LogP contribution >= 0.6 is 0 Å². The van der Waals surface area contributed by atoms with Gasteiger partial charge >= 0.3 is 6.01 Å². The molecule has 2 aromatic rings. The Bertz CT molecular complexity index is 449. The minimum Gasteiger partial charge on any atom is -0.333 e. The maximum atomic E-state index is 5.10. The van der Waals surface area contributed by atoms with E-state index >= 15 is 0 Å². The van der Waals surface area contributed by atoms with Gasteiger partial charge in [-0.3, -0.25) is 4.68 Å². The maximum Gasteiger partial charge on any atom is 0.321 e. The van der Waals surface area contributed by atoms with Gasteiger partial charge in [-0.1, -0.05) is 19.0 Å². The van der Waals surface area contributed by atoms with E-state index in [4.69, 9.17) is 4.52 Å². The highest BCUT2D eigenvalue weighted by Crippen LogP contribution is 2.13. The Morgan fingerprint density at radius 3 is 2.82 bits per heavy atom. The van der Waals surface area contributed by atoms with Crippen LogP contribution in [0, 0.1) is 0 Å². The molecule has 0 amide bonds. The molecule has 2 heterocycles. The van der Waals surface area contributed by atoms with Crippen LogP contribution in [0.2, 0.25) is 0 Å². The Morgan fingerprint density at radius 2 is 2.24 bits per heavy atom. The Balaban J connectivity index is 1.91. The van der Waals surface area contributed by atoms with Crippen LogP contribution in [0.3, 0.4) is 0 Å². The van der Waals surface area contributed by atoms with Crippen LogP contribution in [0.1, 0.15) is 32.5 Å². The third-order valence-corrected chi connectivity index (χ3v) is 2.26. The molecule has 17 heavy (non-hydrogen) atoms. The predicted octanol–water partition coefficient (Wildman–Crippen LogP) is 1.29. The first-order valence-corrected chi connectivity index (χ1v) is 5.57. The average Bonchev–Trinajstić information content (AvgIpc) is 2.88. The highest BCUT2D eigenvalue weighted by Gasteiger charge is 2.11. The van der Waals surface area contributed by atoms with Crippen LogP contribution < -0.4 is 5.32 Å². The molecule has 0 saturated carbocycles. The summed E-state index contributed by atoms with van der Waals surface area (Å²) in [5.74, 6) is 0.973. The molecule has 0 bridgehead atoms. The first-order valence-electron chi connectivity index (χ1n) is 5.57. The second-order valence-electron chi connectivity index (χ2n) is 4.28. The Kier molecular flexibility index (Phi) is 3.36. The third kappa shape index (κ3) is 3.02. The van der Waals surface area contributed by atoms with E-state index in [0.717, 1.165) is 0 Å². The van der Waals surface area contributed by atoms with E-state index in [1.54, 1.807) is 11.0 Å². The summed E-state index contributed by atoms with van der Waals surface area (Å²) in [6.07, 6.45) is 3.18. The van der Waals surface area contributed by atoms with Crippen LogP contribution in [-0.2, 0) is 6.54 Å². The lowest BCUT2D eigenvalue weighted by atomic mass is 10.2. The summed E-state index contributed by atoms with van der Waals surface area (Å²) in [5.41, 5.74) is 0. The van der Waals surface area contributed by atoms with Crippen LogP contribution in [0.15, 0.2) is 17.2 Å². The molecule has 1 atom stereocenters. The maximum absolute atomic E-state index is 5.10. The van der Waals surface area contributed by atoms with E-state index < -0.39 is 0 Å². The predicted molar refractivity (Wildman–Crippen MR) is 61.5 cm³/mol. The van der Waals surface area contributed by atoms with Gasteiger partial charge in [-0.2, -0.15) is 10.1 Å². The Morgan fingerprint density at radius 1 is 1.41 bits per heavy atom. The van der Waals surface area contributed by atoms with Crippen LogP contribution in [0.4, 0.5) is 6.01 Å². The minimum atomic E-state index is 0.136. The zero-order valence-electron chi connectivity index (χ0n) is 10.2. The smallest absolute Gasteiger partial charge is 0.321 e. The van der Waals surface area contributed by atoms with Gasteiger partial charge in [0.2, 0.25) is 0 Å². The number of hydrogen-bond acceptors (Lipinski definition) is 6.